The lowest BCUT2D eigenvalue weighted by atomic mass is 10.1. The molecule has 7 nitrogen and oxygen atoms in total. The van der Waals surface area contributed by atoms with Crippen LogP contribution in [0.15, 0.2) is 70.0 Å². The van der Waals surface area contributed by atoms with Crippen molar-refractivity contribution in [2.75, 3.05) is 20.3 Å². The summed E-state index contributed by atoms with van der Waals surface area (Å²) in [7, 11) is 1.46. The number of aryl methyl sites for hydroxylation is 2. The first-order chi connectivity index (χ1) is 17.8. The second-order valence-electron chi connectivity index (χ2n) is 8.23. The first-order valence-electron chi connectivity index (χ1n) is 11.4. The average molecular weight is 582 g/mol. The van der Waals surface area contributed by atoms with Crippen LogP contribution in [0.5, 0.6) is 17.2 Å². The zero-order valence-electron chi connectivity index (χ0n) is 20.4. The predicted molar refractivity (Wildman–Crippen MR) is 146 cm³/mol. The SMILES string of the molecule is COc1cc(/C=C2\SC(=O)N(CCOc3cc(C)ccc3C)C2=O)ccc1OC(=O)c1ccccc1Br. The number of thioether (sulfide) groups is 1. The molecular formula is C28H24BrNO6S. The molecule has 1 fully saturated rings. The third kappa shape index (κ3) is 6.23. The molecule has 0 atom stereocenters. The Morgan fingerprint density at radius 1 is 1.00 bits per heavy atom. The lowest BCUT2D eigenvalue weighted by Gasteiger charge is -2.14. The molecule has 0 N–H and O–H groups in total. The zero-order chi connectivity index (χ0) is 26.5. The fourth-order valence-corrected chi connectivity index (χ4v) is 4.91. The molecule has 0 unspecified atom stereocenters. The van der Waals surface area contributed by atoms with Crippen molar-refractivity contribution >= 4 is 50.9 Å². The molecule has 9 heteroatoms. The monoisotopic (exact) mass is 581 g/mol. The number of imide groups is 1. The minimum absolute atomic E-state index is 0.142. The molecule has 1 aliphatic rings. The average Bonchev–Trinajstić information content (AvgIpc) is 3.14. The number of benzene rings is 3. The van der Waals surface area contributed by atoms with Gasteiger partial charge in [0, 0.05) is 4.47 Å². The third-order valence-corrected chi connectivity index (χ3v) is 7.17. The van der Waals surface area contributed by atoms with E-state index in [1.807, 2.05) is 32.0 Å². The van der Waals surface area contributed by atoms with E-state index in [-0.39, 0.29) is 35.0 Å². The molecule has 2 amide bonds. The second kappa shape index (κ2) is 11.7. The Morgan fingerprint density at radius 3 is 2.54 bits per heavy atom. The standard InChI is InChI=1S/C28H24BrNO6S/c1-17-8-9-18(2)23(14-17)35-13-12-30-26(31)25(37-28(30)33)16-19-10-11-22(24(15-19)34-3)36-27(32)20-6-4-5-7-21(20)29/h4-11,14-16H,12-13H2,1-3H3/b25-16-. The van der Waals surface area contributed by atoms with Gasteiger partial charge in [-0.15, -0.1) is 0 Å². The topological polar surface area (TPSA) is 82.1 Å². The van der Waals surface area contributed by atoms with Crippen LogP contribution in [0.1, 0.15) is 27.0 Å². The quantitative estimate of drug-likeness (QED) is 0.173. The summed E-state index contributed by atoms with van der Waals surface area (Å²) < 4.78 is 17.3. The fraction of sp³-hybridized carbons (Fsp3) is 0.179. The van der Waals surface area contributed by atoms with Crippen molar-refractivity contribution in [1.82, 2.24) is 4.90 Å². The minimum Gasteiger partial charge on any atom is -0.493 e. The molecule has 1 heterocycles. The Kier molecular flexibility index (Phi) is 8.35. The van der Waals surface area contributed by atoms with Crippen LogP contribution in [-0.4, -0.2) is 42.3 Å². The van der Waals surface area contributed by atoms with Crippen molar-refractivity contribution in [2.24, 2.45) is 0 Å². The molecule has 4 rings (SSSR count). The number of esters is 1. The molecule has 3 aromatic carbocycles. The summed E-state index contributed by atoms with van der Waals surface area (Å²) in [6.07, 6.45) is 1.61. The Hall–Kier alpha value is -3.56. The number of nitrogens with zero attached hydrogens (tertiary/aromatic N) is 1. The maximum atomic E-state index is 12.9. The van der Waals surface area contributed by atoms with E-state index >= 15 is 0 Å². The highest BCUT2D eigenvalue weighted by Gasteiger charge is 2.35. The Balaban J connectivity index is 1.44. The lowest BCUT2D eigenvalue weighted by molar-refractivity contribution is -0.123. The number of halogens is 1. The highest BCUT2D eigenvalue weighted by atomic mass is 79.9. The molecular weight excluding hydrogens is 558 g/mol. The number of hydrogen-bond acceptors (Lipinski definition) is 7. The summed E-state index contributed by atoms with van der Waals surface area (Å²) in [5.41, 5.74) is 3.05. The maximum Gasteiger partial charge on any atom is 0.344 e. The molecule has 0 bridgehead atoms. The smallest absolute Gasteiger partial charge is 0.344 e. The van der Waals surface area contributed by atoms with E-state index in [0.29, 0.717) is 21.3 Å². The van der Waals surface area contributed by atoms with Gasteiger partial charge in [-0.25, -0.2) is 4.79 Å². The van der Waals surface area contributed by atoms with Crippen LogP contribution in [0.25, 0.3) is 6.08 Å². The van der Waals surface area contributed by atoms with Gasteiger partial charge in [0.1, 0.15) is 12.4 Å². The van der Waals surface area contributed by atoms with Gasteiger partial charge in [0.15, 0.2) is 11.5 Å². The zero-order valence-corrected chi connectivity index (χ0v) is 22.9. The third-order valence-electron chi connectivity index (χ3n) is 5.57. The number of methoxy groups -OCH3 is 1. The summed E-state index contributed by atoms with van der Waals surface area (Å²) in [5.74, 6) is 0.355. The normalized spacial score (nSPS) is 14.3. The van der Waals surface area contributed by atoms with Crippen molar-refractivity contribution in [2.45, 2.75) is 13.8 Å². The highest BCUT2D eigenvalue weighted by Crippen LogP contribution is 2.35. The van der Waals surface area contributed by atoms with Crippen LogP contribution < -0.4 is 14.2 Å². The second-order valence-corrected chi connectivity index (χ2v) is 10.1. The summed E-state index contributed by atoms with van der Waals surface area (Å²) in [6, 6.07) is 17.7. The van der Waals surface area contributed by atoms with Crippen LogP contribution in [-0.2, 0) is 4.79 Å². The number of rotatable bonds is 8. The summed E-state index contributed by atoms with van der Waals surface area (Å²) in [4.78, 5) is 39.4. The largest absolute Gasteiger partial charge is 0.493 e. The van der Waals surface area contributed by atoms with Crippen LogP contribution in [0, 0.1) is 13.8 Å². The van der Waals surface area contributed by atoms with Gasteiger partial charge >= 0.3 is 5.97 Å². The summed E-state index contributed by atoms with van der Waals surface area (Å²) in [5, 5.41) is -0.355. The molecule has 0 aromatic heterocycles. The molecule has 3 aromatic rings. The number of ether oxygens (including phenoxy) is 3. The van der Waals surface area contributed by atoms with E-state index in [2.05, 4.69) is 15.9 Å². The van der Waals surface area contributed by atoms with Crippen LogP contribution in [0.3, 0.4) is 0 Å². The van der Waals surface area contributed by atoms with Crippen molar-refractivity contribution < 1.29 is 28.6 Å². The van der Waals surface area contributed by atoms with E-state index in [1.54, 1.807) is 48.5 Å². The summed E-state index contributed by atoms with van der Waals surface area (Å²) >= 11 is 4.21. The number of carbonyl (C=O) groups is 3. The number of amides is 2. The Bertz CT molecular complexity index is 1400. The first-order valence-corrected chi connectivity index (χ1v) is 13.0. The summed E-state index contributed by atoms with van der Waals surface area (Å²) in [6.45, 7) is 4.25. The van der Waals surface area contributed by atoms with Crippen LogP contribution >= 0.6 is 27.7 Å². The van der Waals surface area contributed by atoms with Gasteiger partial charge < -0.3 is 14.2 Å². The van der Waals surface area contributed by atoms with Gasteiger partial charge in [0.05, 0.1) is 24.1 Å². The lowest BCUT2D eigenvalue weighted by Crippen LogP contribution is -2.32. The van der Waals surface area contributed by atoms with Crippen molar-refractivity contribution in [3.05, 3.63) is 92.3 Å². The molecule has 0 aliphatic carbocycles. The van der Waals surface area contributed by atoms with E-state index in [4.69, 9.17) is 14.2 Å². The number of hydrogen-bond donors (Lipinski definition) is 0. The molecule has 0 radical (unpaired) electrons. The molecule has 37 heavy (non-hydrogen) atoms. The molecule has 0 spiro atoms. The van der Waals surface area contributed by atoms with Gasteiger partial charge in [0.25, 0.3) is 11.1 Å². The highest BCUT2D eigenvalue weighted by molar-refractivity contribution is 9.10. The van der Waals surface area contributed by atoms with E-state index in [0.717, 1.165) is 28.6 Å². The Labute approximate surface area is 227 Å². The fourth-order valence-electron chi connectivity index (χ4n) is 3.59. The van der Waals surface area contributed by atoms with Gasteiger partial charge in [-0.2, -0.15) is 0 Å². The number of carbonyl (C=O) groups excluding carboxylic acids is 3. The Morgan fingerprint density at radius 2 is 1.78 bits per heavy atom. The molecule has 1 saturated heterocycles. The van der Waals surface area contributed by atoms with Crippen molar-refractivity contribution in [3.8, 4) is 17.2 Å². The van der Waals surface area contributed by atoms with Crippen molar-refractivity contribution in [3.63, 3.8) is 0 Å². The van der Waals surface area contributed by atoms with Gasteiger partial charge in [-0.05, 0) is 94.6 Å². The van der Waals surface area contributed by atoms with Gasteiger partial charge in [0.2, 0.25) is 0 Å². The van der Waals surface area contributed by atoms with E-state index in [1.165, 1.54) is 12.0 Å². The minimum atomic E-state index is -0.539. The maximum absolute atomic E-state index is 12.9. The molecule has 190 valence electrons. The molecule has 1 aliphatic heterocycles. The van der Waals surface area contributed by atoms with Crippen LogP contribution in [0.4, 0.5) is 4.79 Å². The van der Waals surface area contributed by atoms with E-state index in [9.17, 15) is 14.4 Å². The van der Waals surface area contributed by atoms with E-state index < -0.39 is 5.97 Å². The van der Waals surface area contributed by atoms with Gasteiger partial charge in [-0.3, -0.25) is 14.5 Å². The van der Waals surface area contributed by atoms with Gasteiger partial charge in [-0.1, -0.05) is 30.3 Å². The van der Waals surface area contributed by atoms with Crippen LogP contribution in [0.2, 0.25) is 0 Å². The molecule has 0 saturated carbocycles. The van der Waals surface area contributed by atoms with Crippen molar-refractivity contribution in [1.29, 1.82) is 0 Å². The predicted octanol–water partition coefficient (Wildman–Crippen LogP) is 6.41. The first kappa shape index (κ1) is 26.5.